The molecule has 15 heavy (non-hydrogen) atoms. The maximum Gasteiger partial charge on any atom is 0.307 e. The van der Waals surface area contributed by atoms with E-state index in [0.29, 0.717) is 19.6 Å². The Kier molecular flexibility index (Phi) is 5.65. The van der Waals surface area contributed by atoms with Crippen LogP contribution in [0.4, 0.5) is 0 Å². The highest BCUT2D eigenvalue weighted by molar-refractivity contribution is 5.69. The van der Waals surface area contributed by atoms with Gasteiger partial charge in [0.05, 0.1) is 19.6 Å². The first kappa shape index (κ1) is 12.5. The van der Waals surface area contributed by atoms with E-state index in [9.17, 15) is 9.90 Å². The number of aliphatic hydroxyl groups excluding tert-OH is 1. The fourth-order valence-electron chi connectivity index (χ4n) is 2.03. The molecule has 1 aliphatic heterocycles. The molecule has 4 nitrogen and oxygen atoms in total. The largest absolute Gasteiger partial charge is 0.466 e. The number of rotatable bonds is 5. The lowest BCUT2D eigenvalue weighted by atomic mass is 10.0. The number of hydrogen-bond acceptors (Lipinski definition) is 4. The number of nitrogens with zero attached hydrogens (tertiary/aromatic N) is 1. The summed E-state index contributed by atoms with van der Waals surface area (Å²) in [4.78, 5) is 13.4. The summed E-state index contributed by atoms with van der Waals surface area (Å²) in [6.07, 6.45) is 3.82. The Labute approximate surface area is 91.2 Å². The minimum Gasteiger partial charge on any atom is -0.466 e. The van der Waals surface area contributed by atoms with E-state index in [1.165, 1.54) is 12.8 Å². The fourth-order valence-corrected chi connectivity index (χ4v) is 2.03. The van der Waals surface area contributed by atoms with E-state index in [4.69, 9.17) is 4.74 Å². The molecule has 0 unspecified atom stereocenters. The second kappa shape index (κ2) is 6.80. The van der Waals surface area contributed by atoms with Gasteiger partial charge in [-0.3, -0.25) is 9.69 Å². The molecule has 0 aromatic rings. The minimum atomic E-state index is -0.139. The van der Waals surface area contributed by atoms with E-state index in [1.54, 1.807) is 0 Å². The van der Waals surface area contributed by atoms with Gasteiger partial charge in [0.1, 0.15) is 0 Å². The predicted octanol–water partition coefficient (Wildman–Crippen LogP) is 0.786. The van der Waals surface area contributed by atoms with E-state index < -0.39 is 0 Å². The second-order valence-corrected chi connectivity index (χ2v) is 3.92. The summed E-state index contributed by atoms with van der Waals surface area (Å²) in [7, 11) is 0. The summed E-state index contributed by atoms with van der Waals surface area (Å²) >= 11 is 0. The van der Waals surface area contributed by atoms with Gasteiger partial charge in [0.25, 0.3) is 0 Å². The van der Waals surface area contributed by atoms with Crippen molar-refractivity contribution in [2.75, 3.05) is 26.3 Å². The zero-order valence-electron chi connectivity index (χ0n) is 9.45. The summed E-state index contributed by atoms with van der Waals surface area (Å²) in [6, 6.07) is 0.244. The van der Waals surface area contributed by atoms with Crippen molar-refractivity contribution >= 4 is 5.97 Å². The highest BCUT2D eigenvalue weighted by Crippen LogP contribution is 2.16. The number of carbonyl (C=O) groups excluding carboxylic acids is 1. The summed E-state index contributed by atoms with van der Waals surface area (Å²) in [6.45, 7) is 4.16. The number of hydrogen-bond donors (Lipinski definition) is 1. The van der Waals surface area contributed by atoms with Gasteiger partial charge in [-0.1, -0.05) is 6.42 Å². The van der Waals surface area contributed by atoms with Crippen molar-refractivity contribution in [3.05, 3.63) is 0 Å². The van der Waals surface area contributed by atoms with Crippen molar-refractivity contribution in [3.8, 4) is 0 Å². The van der Waals surface area contributed by atoms with Gasteiger partial charge in [-0.05, 0) is 26.3 Å². The van der Waals surface area contributed by atoms with Crippen LogP contribution in [0, 0.1) is 0 Å². The molecule has 0 aromatic heterocycles. The molecule has 1 atom stereocenters. The van der Waals surface area contributed by atoms with Gasteiger partial charge in [-0.25, -0.2) is 0 Å². The summed E-state index contributed by atoms with van der Waals surface area (Å²) in [5.41, 5.74) is 0. The number of esters is 1. The highest BCUT2D eigenvalue weighted by atomic mass is 16.5. The zero-order chi connectivity index (χ0) is 11.1. The molecular formula is C11H21NO3. The molecule has 4 heteroatoms. The van der Waals surface area contributed by atoms with Gasteiger partial charge in [0.2, 0.25) is 0 Å². The third-order valence-corrected chi connectivity index (χ3v) is 2.87. The monoisotopic (exact) mass is 215 g/mol. The first-order valence-corrected chi connectivity index (χ1v) is 5.78. The molecule has 1 heterocycles. The Morgan fingerprint density at radius 3 is 3.00 bits per heavy atom. The molecule has 1 rings (SSSR count). The van der Waals surface area contributed by atoms with Gasteiger partial charge < -0.3 is 9.84 Å². The number of aliphatic hydroxyl groups is 1. The maximum absolute atomic E-state index is 11.2. The first-order chi connectivity index (χ1) is 7.27. The van der Waals surface area contributed by atoms with E-state index >= 15 is 0 Å². The molecule has 88 valence electrons. The molecule has 0 aliphatic carbocycles. The van der Waals surface area contributed by atoms with Crippen molar-refractivity contribution < 1.29 is 14.6 Å². The average molecular weight is 215 g/mol. The number of piperidine rings is 1. The van der Waals surface area contributed by atoms with Gasteiger partial charge >= 0.3 is 5.97 Å². The molecule has 0 bridgehead atoms. The van der Waals surface area contributed by atoms with Crippen molar-refractivity contribution in [1.29, 1.82) is 0 Å². The molecule has 0 aromatic carbocycles. The molecule has 0 amide bonds. The highest BCUT2D eigenvalue weighted by Gasteiger charge is 2.21. The Bertz CT molecular complexity index is 196. The van der Waals surface area contributed by atoms with Crippen molar-refractivity contribution in [2.45, 2.75) is 38.6 Å². The number of likely N-dealkylation sites (tertiary alicyclic amines) is 1. The molecule has 1 fully saturated rings. The normalized spacial score (nSPS) is 22.7. The Balaban J connectivity index is 2.26. The van der Waals surface area contributed by atoms with Crippen LogP contribution in [0.5, 0.6) is 0 Å². The molecule has 0 spiro atoms. The van der Waals surface area contributed by atoms with Gasteiger partial charge in [0.15, 0.2) is 0 Å². The second-order valence-electron chi connectivity index (χ2n) is 3.92. The van der Waals surface area contributed by atoms with Crippen LogP contribution < -0.4 is 0 Å². The van der Waals surface area contributed by atoms with Crippen LogP contribution in [0.1, 0.15) is 32.6 Å². The number of carbonyl (C=O) groups is 1. The van der Waals surface area contributed by atoms with Crippen molar-refractivity contribution in [1.82, 2.24) is 4.90 Å². The zero-order valence-corrected chi connectivity index (χ0v) is 9.45. The van der Waals surface area contributed by atoms with Crippen molar-refractivity contribution in [3.63, 3.8) is 0 Å². The Morgan fingerprint density at radius 1 is 1.53 bits per heavy atom. The SMILES string of the molecule is CCOC(=O)CCN1CCCC[C@@H]1CO. The van der Waals surface area contributed by atoms with Crippen LogP contribution in [0.2, 0.25) is 0 Å². The molecular weight excluding hydrogens is 194 g/mol. The van der Waals surface area contributed by atoms with E-state index in [0.717, 1.165) is 13.0 Å². The lowest BCUT2D eigenvalue weighted by Gasteiger charge is -2.34. The summed E-state index contributed by atoms with van der Waals surface area (Å²) in [5, 5.41) is 9.17. The van der Waals surface area contributed by atoms with E-state index in [2.05, 4.69) is 4.90 Å². The molecule has 0 saturated carbocycles. The Morgan fingerprint density at radius 2 is 2.33 bits per heavy atom. The van der Waals surface area contributed by atoms with Gasteiger partial charge in [0, 0.05) is 12.6 Å². The van der Waals surface area contributed by atoms with E-state index in [1.807, 2.05) is 6.92 Å². The lowest BCUT2D eigenvalue weighted by molar-refractivity contribution is -0.143. The smallest absolute Gasteiger partial charge is 0.307 e. The van der Waals surface area contributed by atoms with Crippen LogP contribution in [0.25, 0.3) is 0 Å². The maximum atomic E-state index is 11.2. The van der Waals surface area contributed by atoms with Crippen molar-refractivity contribution in [2.24, 2.45) is 0 Å². The minimum absolute atomic E-state index is 0.139. The van der Waals surface area contributed by atoms with Crippen LogP contribution in [0.15, 0.2) is 0 Å². The third kappa shape index (κ3) is 4.18. The summed E-state index contributed by atoms with van der Waals surface area (Å²) < 4.78 is 4.87. The molecule has 0 radical (unpaired) electrons. The van der Waals surface area contributed by atoms with Crippen LogP contribution >= 0.6 is 0 Å². The van der Waals surface area contributed by atoms with Gasteiger partial charge in [-0.15, -0.1) is 0 Å². The van der Waals surface area contributed by atoms with Crippen LogP contribution in [0.3, 0.4) is 0 Å². The fraction of sp³-hybridized carbons (Fsp3) is 0.909. The lowest BCUT2D eigenvalue weighted by Crippen LogP contribution is -2.42. The molecule has 1 aliphatic rings. The predicted molar refractivity (Wildman–Crippen MR) is 57.5 cm³/mol. The average Bonchev–Trinajstić information content (AvgIpc) is 2.27. The van der Waals surface area contributed by atoms with E-state index in [-0.39, 0.29) is 18.6 Å². The quantitative estimate of drug-likeness (QED) is 0.689. The Hall–Kier alpha value is -0.610. The first-order valence-electron chi connectivity index (χ1n) is 5.78. The van der Waals surface area contributed by atoms with Crippen LogP contribution in [-0.4, -0.2) is 48.3 Å². The van der Waals surface area contributed by atoms with Gasteiger partial charge in [-0.2, -0.15) is 0 Å². The number of ether oxygens (including phenoxy) is 1. The summed E-state index contributed by atoms with van der Waals surface area (Å²) in [5.74, 6) is -0.139. The molecule has 1 saturated heterocycles. The van der Waals surface area contributed by atoms with Crippen LogP contribution in [-0.2, 0) is 9.53 Å². The topological polar surface area (TPSA) is 49.8 Å². The third-order valence-electron chi connectivity index (χ3n) is 2.87. The molecule has 1 N–H and O–H groups in total. The standard InChI is InChI=1S/C11H21NO3/c1-2-15-11(14)6-8-12-7-4-3-5-10(12)9-13/h10,13H,2-9H2,1H3/t10-/m1/s1.